The smallest absolute Gasteiger partial charge is 0.303 e. The zero-order chi connectivity index (χ0) is 12.7. The Balaban J connectivity index is 2.20. The second-order valence-electron chi connectivity index (χ2n) is 4.63. The molecule has 0 aliphatic carbocycles. The lowest BCUT2D eigenvalue weighted by atomic mass is 9.98. The molecule has 0 aromatic rings. The molecule has 1 saturated heterocycles. The minimum Gasteiger partial charge on any atom is -0.481 e. The maximum Gasteiger partial charge on any atom is 0.303 e. The standard InChI is InChI=1S/C12H21NO4/c14-9-10-4-3-7-13(8-10)11(15)5-1-2-6-12(16)17/h10,14H,1-9H2,(H,16,17). The van der Waals surface area contributed by atoms with Gasteiger partial charge in [-0.2, -0.15) is 0 Å². The third kappa shape index (κ3) is 5.17. The summed E-state index contributed by atoms with van der Waals surface area (Å²) in [5.74, 6) is -0.504. The van der Waals surface area contributed by atoms with E-state index in [9.17, 15) is 9.59 Å². The molecule has 1 rings (SSSR count). The minimum absolute atomic E-state index is 0.0912. The number of unbranched alkanes of at least 4 members (excludes halogenated alkanes) is 1. The number of rotatable bonds is 6. The van der Waals surface area contributed by atoms with E-state index in [1.54, 1.807) is 4.90 Å². The molecule has 0 aromatic heterocycles. The summed E-state index contributed by atoms with van der Waals surface area (Å²) in [6, 6.07) is 0. The van der Waals surface area contributed by atoms with Crippen molar-refractivity contribution in [1.29, 1.82) is 0 Å². The van der Waals surface area contributed by atoms with Crippen LogP contribution in [-0.2, 0) is 9.59 Å². The van der Waals surface area contributed by atoms with Gasteiger partial charge in [-0.1, -0.05) is 0 Å². The molecule has 1 fully saturated rings. The molecule has 98 valence electrons. The van der Waals surface area contributed by atoms with E-state index in [0.717, 1.165) is 19.4 Å². The lowest BCUT2D eigenvalue weighted by Crippen LogP contribution is -2.40. The molecule has 0 bridgehead atoms. The number of carbonyl (C=O) groups is 2. The molecule has 1 heterocycles. The van der Waals surface area contributed by atoms with Gasteiger partial charge in [-0.3, -0.25) is 9.59 Å². The first-order chi connectivity index (χ1) is 8.13. The molecule has 5 heteroatoms. The van der Waals surface area contributed by atoms with Gasteiger partial charge in [0.05, 0.1) is 0 Å². The zero-order valence-corrected chi connectivity index (χ0v) is 10.1. The lowest BCUT2D eigenvalue weighted by molar-refractivity contribution is -0.138. The highest BCUT2D eigenvalue weighted by Gasteiger charge is 2.22. The topological polar surface area (TPSA) is 77.8 Å². The Morgan fingerprint density at radius 3 is 2.59 bits per heavy atom. The van der Waals surface area contributed by atoms with Gasteiger partial charge in [0.2, 0.25) is 5.91 Å². The molecule has 5 nitrogen and oxygen atoms in total. The molecule has 0 spiro atoms. The van der Waals surface area contributed by atoms with E-state index in [4.69, 9.17) is 10.2 Å². The molecular weight excluding hydrogens is 222 g/mol. The van der Waals surface area contributed by atoms with Crippen molar-refractivity contribution in [3.8, 4) is 0 Å². The number of hydrogen-bond acceptors (Lipinski definition) is 3. The molecule has 0 aromatic carbocycles. The van der Waals surface area contributed by atoms with Crippen LogP contribution < -0.4 is 0 Å². The van der Waals surface area contributed by atoms with Gasteiger partial charge in [-0.05, 0) is 31.6 Å². The summed E-state index contributed by atoms with van der Waals surface area (Å²) >= 11 is 0. The molecule has 1 amide bonds. The van der Waals surface area contributed by atoms with E-state index in [1.807, 2.05) is 0 Å². The molecule has 2 N–H and O–H groups in total. The predicted octanol–water partition coefficient (Wildman–Crippen LogP) is 0.862. The van der Waals surface area contributed by atoms with Crippen LogP contribution in [0.25, 0.3) is 0 Å². The Kier molecular flexibility index (Phi) is 5.97. The van der Waals surface area contributed by atoms with Crippen molar-refractivity contribution in [2.24, 2.45) is 5.92 Å². The van der Waals surface area contributed by atoms with Crippen molar-refractivity contribution in [3.63, 3.8) is 0 Å². The molecule has 1 aliphatic heterocycles. The van der Waals surface area contributed by atoms with Crippen molar-refractivity contribution in [2.45, 2.75) is 38.5 Å². The molecular formula is C12H21NO4. The Bertz CT molecular complexity index is 267. The maximum atomic E-state index is 11.8. The summed E-state index contributed by atoms with van der Waals surface area (Å²) in [5.41, 5.74) is 0. The van der Waals surface area contributed by atoms with Crippen LogP contribution in [-0.4, -0.2) is 46.7 Å². The highest BCUT2D eigenvalue weighted by atomic mass is 16.4. The number of aliphatic carboxylic acids is 1. The molecule has 1 atom stereocenters. The van der Waals surface area contributed by atoms with Crippen LogP contribution in [0, 0.1) is 5.92 Å². The number of nitrogens with zero attached hydrogens (tertiary/aromatic N) is 1. The number of amides is 1. The Morgan fingerprint density at radius 2 is 1.94 bits per heavy atom. The Morgan fingerprint density at radius 1 is 1.24 bits per heavy atom. The highest BCUT2D eigenvalue weighted by Crippen LogP contribution is 2.17. The number of aliphatic hydroxyl groups is 1. The summed E-state index contributed by atoms with van der Waals surface area (Å²) in [4.78, 5) is 23.9. The molecule has 1 aliphatic rings. The van der Waals surface area contributed by atoms with Gasteiger partial charge in [0.25, 0.3) is 0 Å². The van der Waals surface area contributed by atoms with E-state index in [-0.39, 0.29) is 24.9 Å². The quantitative estimate of drug-likeness (QED) is 0.678. The van der Waals surface area contributed by atoms with E-state index >= 15 is 0 Å². The summed E-state index contributed by atoms with van der Waals surface area (Å²) in [6.45, 7) is 1.56. The summed E-state index contributed by atoms with van der Waals surface area (Å²) in [6.07, 6.45) is 3.67. The van der Waals surface area contributed by atoms with Crippen molar-refractivity contribution in [3.05, 3.63) is 0 Å². The van der Waals surface area contributed by atoms with Crippen LogP contribution in [0.3, 0.4) is 0 Å². The Hall–Kier alpha value is -1.10. The first kappa shape index (κ1) is 14.0. The largest absolute Gasteiger partial charge is 0.481 e. The number of hydrogen-bond donors (Lipinski definition) is 2. The highest BCUT2D eigenvalue weighted by molar-refractivity contribution is 5.76. The normalized spacial score (nSPS) is 20.3. The van der Waals surface area contributed by atoms with Crippen molar-refractivity contribution in [2.75, 3.05) is 19.7 Å². The van der Waals surface area contributed by atoms with E-state index in [1.165, 1.54) is 0 Å². The average Bonchev–Trinajstić information content (AvgIpc) is 2.34. The summed E-state index contributed by atoms with van der Waals surface area (Å²) in [7, 11) is 0. The van der Waals surface area contributed by atoms with Gasteiger partial charge in [0, 0.05) is 32.5 Å². The van der Waals surface area contributed by atoms with Gasteiger partial charge in [-0.15, -0.1) is 0 Å². The van der Waals surface area contributed by atoms with Crippen LogP contribution >= 0.6 is 0 Å². The fourth-order valence-electron chi connectivity index (χ4n) is 2.15. The van der Waals surface area contributed by atoms with Crippen LogP contribution in [0.15, 0.2) is 0 Å². The van der Waals surface area contributed by atoms with Crippen molar-refractivity contribution in [1.82, 2.24) is 4.90 Å². The predicted molar refractivity (Wildman–Crippen MR) is 62.5 cm³/mol. The number of piperidine rings is 1. The summed E-state index contributed by atoms with van der Waals surface area (Å²) in [5, 5.41) is 17.5. The van der Waals surface area contributed by atoms with E-state index < -0.39 is 5.97 Å². The van der Waals surface area contributed by atoms with E-state index in [0.29, 0.717) is 25.8 Å². The fourth-order valence-corrected chi connectivity index (χ4v) is 2.15. The average molecular weight is 243 g/mol. The molecule has 0 radical (unpaired) electrons. The minimum atomic E-state index is -0.809. The third-order valence-corrected chi connectivity index (χ3v) is 3.16. The molecule has 0 saturated carbocycles. The van der Waals surface area contributed by atoms with Gasteiger partial charge in [0.1, 0.15) is 0 Å². The van der Waals surface area contributed by atoms with Gasteiger partial charge < -0.3 is 15.1 Å². The van der Waals surface area contributed by atoms with Crippen molar-refractivity contribution >= 4 is 11.9 Å². The first-order valence-corrected chi connectivity index (χ1v) is 6.24. The molecule has 17 heavy (non-hydrogen) atoms. The third-order valence-electron chi connectivity index (χ3n) is 3.16. The Labute approximate surface area is 101 Å². The monoisotopic (exact) mass is 243 g/mol. The van der Waals surface area contributed by atoms with E-state index in [2.05, 4.69) is 0 Å². The van der Waals surface area contributed by atoms with Gasteiger partial charge in [-0.25, -0.2) is 0 Å². The fraction of sp³-hybridized carbons (Fsp3) is 0.833. The second kappa shape index (κ2) is 7.27. The lowest BCUT2D eigenvalue weighted by Gasteiger charge is -2.31. The number of likely N-dealkylation sites (tertiary alicyclic amines) is 1. The van der Waals surface area contributed by atoms with Crippen LogP contribution in [0.4, 0.5) is 0 Å². The number of aliphatic hydroxyl groups excluding tert-OH is 1. The second-order valence-corrected chi connectivity index (χ2v) is 4.63. The van der Waals surface area contributed by atoms with Gasteiger partial charge >= 0.3 is 5.97 Å². The van der Waals surface area contributed by atoms with Crippen LogP contribution in [0.2, 0.25) is 0 Å². The summed E-state index contributed by atoms with van der Waals surface area (Å²) < 4.78 is 0. The number of carbonyl (C=O) groups excluding carboxylic acids is 1. The van der Waals surface area contributed by atoms with Crippen LogP contribution in [0.1, 0.15) is 38.5 Å². The maximum absolute atomic E-state index is 11.8. The first-order valence-electron chi connectivity index (χ1n) is 6.24. The number of carboxylic acid groups (broad SMARTS) is 1. The molecule has 1 unspecified atom stereocenters. The zero-order valence-electron chi connectivity index (χ0n) is 10.1. The SMILES string of the molecule is O=C(O)CCCCC(=O)N1CCCC(CO)C1. The number of carboxylic acids is 1. The van der Waals surface area contributed by atoms with Crippen molar-refractivity contribution < 1.29 is 19.8 Å². The van der Waals surface area contributed by atoms with Crippen LogP contribution in [0.5, 0.6) is 0 Å². The van der Waals surface area contributed by atoms with Gasteiger partial charge in [0.15, 0.2) is 0 Å².